The molecule has 0 aliphatic carbocycles. The van der Waals surface area contributed by atoms with E-state index in [2.05, 4.69) is 74.0 Å². The molecule has 0 saturated carbocycles. The van der Waals surface area contributed by atoms with Crippen molar-refractivity contribution in [3.8, 4) is 11.3 Å². The lowest BCUT2D eigenvalue weighted by Gasteiger charge is -2.21. The van der Waals surface area contributed by atoms with Gasteiger partial charge in [0.15, 0.2) is 0 Å². The highest BCUT2D eigenvalue weighted by molar-refractivity contribution is 5.79. The minimum Gasteiger partial charge on any atom is -0.395 e. The maximum absolute atomic E-state index is 9.55. The topological polar surface area (TPSA) is 52.2 Å². The molecule has 1 fully saturated rings. The van der Waals surface area contributed by atoms with Gasteiger partial charge in [-0.15, -0.1) is 0 Å². The summed E-state index contributed by atoms with van der Waals surface area (Å²) in [6.45, 7) is 11.0. The van der Waals surface area contributed by atoms with Gasteiger partial charge >= 0.3 is 0 Å². The summed E-state index contributed by atoms with van der Waals surface area (Å²) in [7, 11) is 0. The highest BCUT2D eigenvalue weighted by Gasteiger charge is 2.24. The van der Waals surface area contributed by atoms with E-state index in [4.69, 9.17) is 4.98 Å². The zero-order chi connectivity index (χ0) is 19.9. The minimum absolute atomic E-state index is 0.116. The molecule has 3 heterocycles. The number of hydrogen-bond donors (Lipinski definition) is 2. The fourth-order valence-electron chi connectivity index (χ4n) is 4.20. The van der Waals surface area contributed by atoms with Crippen LogP contribution >= 0.6 is 0 Å². The number of fused-ring (bicyclic) bond motifs is 1. The summed E-state index contributed by atoms with van der Waals surface area (Å²) in [4.78, 5) is 10.8. The second-order valence-electron chi connectivity index (χ2n) is 9.21. The Bertz CT molecular complexity index is 983. The molecule has 0 bridgehead atoms. The van der Waals surface area contributed by atoms with Gasteiger partial charge in [-0.05, 0) is 67.6 Å². The van der Waals surface area contributed by atoms with Crippen molar-refractivity contribution >= 4 is 11.0 Å². The Morgan fingerprint density at radius 3 is 2.75 bits per heavy atom. The third kappa shape index (κ3) is 3.85. The van der Waals surface area contributed by atoms with E-state index in [1.807, 2.05) is 0 Å². The van der Waals surface area contributed by atoms with E-state index < -0.39 is 0 Å². The standard InChI is InChI=1S/C24H31N3O/c1-16-10-17(12-18(11-16)24(2,3)4)21-7-8-22-23(26-21)13-19(25-22)14-27-9-5-6-20(27)15-28/h7-8,10-13,20,25,28H,5-6,9,14-15H2,1-4H3/t20-/m1/s1. The number of aliphatic hydroxyl groups excluding tert-OH is 1. The van der Waals surface area contributed by atoms with E-state index in [9.17, 15) is 5.11 Å². The monoisotopic (exact) mass is 377 g/mol. The molecule has 1 aliphatic heterocycles. The van der Waals surface area contributed by atoms with Crippen molar-refractivity contribution in [1.82, 2.24) is 14.9 Å². The van der Waals surface area contributed by atoms with Crippen LogP contribution < -0.4 is 0 Å². The first kappa shape index (κ1) is 19.2. The van der Waals surface area contributed by atoms with Crippen LogP contribution in [0.15, 0.2) is 36.4 Å². The van der Waals surface area contributed by atoms with Gasteiger partial charge < -0.3 is 10.1 Å². The second kappa shape index (κ2) is 7.34. The summed E-state index contributed by atoms with van der Waals surface area (Å²) in [5.74, 6) is 0. The Morgan fingerprint density at radius 2 is 2.00 bits per heavy atom. The molecule has 3 aromatic rings. The molecule has 2 aromatic heterocycles. The first-order valence-corrected chi connectivity index (χ1v) is 10.3. The van der Waals surface area contributed by atoms with Crippen LogP contribution in [-0.4, -0.2) is 39.2 Å². The molecule has 1 saturated heterocycles. The van der Waals surface area contributed by atoms with Crippen LogP contribution in [0.5, 0.6) is 0 Å². The molecule has 1 atom stereocenters. The molecule has 1 aliphatic rings. The normalized spacial score (nSPS) is 18.2. The van der Waals surface area contributed by atoms with Crippen LogP contribution in [0.25, 0.3) is 22.3 Å². The summed E-state index contributed by atoms with van der Waals surface area (Å²) in [5.41, 5.74) is 8.15. The van der Waals surface area contributed by atoms with E-state index in [-0.39, 0.29) is 18.1 Å². The highest BCUT2D eigenvalue weighted by Crippen LogP contribution is 2.30. The number of nitrogens with one attached hydrogen (secondary N) is 1. The molecule has 4 heteroatoms. The van der Waals surface area contributed by atoms with Gasteiger partial charge in [0.05, 0.1) is 23.3 Å². The number of rotatable bonds is 4. The Labute approximate surface area is 167 Å². The van der Waals surface area contributed by atoms with Gasteiger partial charge in [0.1, 0.15) is 0 Å². The lowest BCUT2D eigenvalue weighted by molar-refractivity contribution is 0.152. The summed E-state index contributed by atoms with van der Waals surface area (Å²) < 4.78 is 0. The maximum atomic E-state index is 9.55. The molecule has 4 nitrogen and oxygen atoms in total. The number of aryl methyl sites for hydroxylation is 1. The number of hydrogen-bond acceptors (Lipinski definition) is 3. The minimum atomic E-state index is 0.116. The van der Waals surface area contributed by atoms with Crippen molar-refractivity contribution in [2.45, 2.75) is 58.5 Å². The number of likely N-dealkylation sites (tertiary alicyclic amines) is 1. The van der Waals surface area contributed by atoms with Gasteiger partial charge in [-0.3, -0.25) is 4.90 Å². The van der Waals surface area contributed by atoms with Crippen molar-refractivity contribution in [1.29, 1.82) is 0 Å². The first-order valence-electron chi connectivity index (χ1n) is 10.3. The van der Waals surface area contributed by atoms with Crippen LogP contribution in [0.4, 0.5) is 0 Å². The number of H-pyrrole nitrogens is 1. The Morgan fingerprint density at radius 1 is 1.18 bits per heavy atom. The predicted octanol–water partition coefficient (Wildman–Crippen LogP) is 4.79. The van der Waals surface area contributed by atoms with E-state index in [0.29, 0.717) is 0 Å². The number of aliphatic hydroxyl groups is 1. The molecule has 148 valence electrons. The number of pyridine rings is 1. The Balaban J connectivity index is 1.64. The van der Waals surface area contributed by atoms with Crippen LogP contribution in [0, 0.1) is 6.92 Å². The fourth-order valence-corrected chi connectivity index (χ4v) is 4.20. The molecule has 1 aromatic carbocycles. The number of aromatic amines is 1. The second-order valence-corrected chi connectivity index (χ2v) is 9.21. The van der Waals surface area contributed by atoms with Gasteiger partial charge in [-0.2, -0.15) is 0 Å². The largest absolute Gasteiger partial charge is 0.395 e. The van der Waals surface area contributed by atoms with Gasteiger partial charge in [0.2, 0.25) is 0 Å². The number of nitrogens with zero attached hydrogens (tertiary/aromatic N) is 2. The van der Waals surface area contributed by atoms with Crippen molar-refractivity contribution in [2.75, 3.05) is 13.2 Å². The molecule has 0 spiro atoms. The molecule has 4 rings (SSSR count). The molecule has 0 amide bonds. The average Bonchev–Trinajstić information content (AvgIpc) is 3.25. The number of aromatic nitrogens is 2. The van der Waals surface area contributed by atoms with Crippen molar-refractivity contribution in [3.05, 3.63) is 53.2 Å². The summed E-state index contributed by atoms with van der Waals surface area (Å²) in [6.07, 6.45) is 2.25. The molecular weight excluding hydrogens is 346 g/mol. The lowest BCUT2D eigenvalue weighted by Crippen LogP contribution is -2.31. The van der Waals surface area contributed by atoms with Gasteiger partial charge in [-0.25, -0.2) is 4.98 Å². The summed E-state index contributed by atoms with van der Waals surface area (Å²) in [5, 5.41) is 9.55. The Kier molecular flexibility index (Phi) is 5.02. The number of benzene rings is 1. The van der Waals surface area contributed by atoms with E-state index in [1.54, 1.807) is 0 Å². The third-order valence-corrected chi connectivity index (χ3v) is 5.85. The molecule has 0 radical (unpaired) electrons. The molecular formula is C24H31N3O. The van der Waals surface area contributed by atoms with Crippen LogP contribution in [0.2, 0.25) is 0 Å². The molecule has 2 N–H and O–H groups in total. The molecule has 0 unspecified atom stereocenters. The highest BCUT2D eigenvalue weighted by atomic mass is 16.3. The maximum Gasteiger partial charge on any atom is 0.0889 e. The quantitative estimate of drug-likeness (QED) is 0.687. The third-order valence-electron chi connectivity index (χ3n) is 5.85. The van der Waals surface area contributed by atoms with E-state index >= 15 is 0 Å². The summed E-state index contributed by atoms with van der Waals surface area (Å²) >= 11 is 0. The van der Waals surface area contributed by atoms with Crippen molar-refractivity contribution in [2.24, 2.45) is 0 Å². The van der Waals surface area contributed by atoms with Crippen molar-refractivity contribution in [3.63, 3.8) is 0 Å². The van der Waals surface area contributed by atoms with Gasteiger partial charge in [0, 0.05) is 23.8 Å². The fraction of sp³-hybridized carbons (Fsp3) is 0.458. The molecule has 28 heavy (non-hydrogen) atoms. The van der Waals surface area contributed by atoms with Gasteiger partial charge in [0.25, 0.3) is 0 Å². The smallest absolute Gasteiger partial charge is 0.0889 e. The van der Waals surface area contributed by atoms with Gasteiger partial charge in [-0.1, -0.05) is 32.4 Å². The van der Waals surface area contributed by atoms with Crippen LogP contribution in [0.1, 0.15) is 50.4 Å². The predicted molar refractivity (Wildman–Crippen MR) is 115 cm³/mol. The van der Waals surface area contributed by atoms with Crippen LogP contribution in [0.3, 0.4) is 0 Å². The lowest BCUT2D eigenvalue weighted by atomic mass is 9.85. The van der Waals surface area contributed by atoms with Crippen LogP contribution in [-0.2, 0) is 12.0 Å². The van der Waals surface area contributed by atoms with E-state index in [0.717, 1.165) is 42.7 Å². The zero-order valence-corrected chi connectivity index (χ0v) is 17.4. The van der Waals surface area contributed by atoms with Crippen molar-refractivity contribution < 1.29 is 5.11 Å². The Hall–Kier alpha value is -2.17. The van der Waals surface area contributed by atoms with E-state index in [1.165, 1.54) is 22.4 Å². The SMILES string of the molecule is Cc1cc(-c2ccc3[nH]c(CN4CCC[C@@H]4CO)cc3n2)cc(C(C)(C)C)c1. The zero-order valence-electron chi connectivity index (χ0n) is 17.4. The average molecular weight is 378 g/mol. The summed E-state index contributed by atoms with van der Waals surface area (Å²) in [6, 6.07) is 13.4. The first-order chi connectivity index (χ1) is 13.3.